The van der Waals surface area contributed by atoms with E-state index < -0.39 is 11.7 Å². The zero-order chi connectivity index (χ0) is 12.6. The zero-order valence-electron chi connectivity index (χ0n) is 8.81. The van der Waals surface area contributed by atoms with Crippen LogP contribution in [0.1, 0.15) is 11.1 Å². The molecule has 1 aromatic carbocycles. The van der Waals surface area contributed by atoms with Crippen LogP contribution in [0.5, 0.6) is 0 Å². The number of rotatable bonds is 1. The molecule has 90 valence electrons. The molecule has 0 spiro atoms. The molecule has 0 aliphatic heterocycles. The lowest BCUT2D eigenvalue weighted by atomic mass is 10.1. The van der Waals surface area contributed by atoms with Crippen molar-refractivity contribution in [2.45, 2.75) is 13.1 Å². The second-order valence-electron chi connectivity index (χ2n) is 3.63. The van der Waals surface area contributed by atoms with E-state index in [1.54, 1.807) is 6.07 Å². The van der Waals surface area contributed by atoms with Crippen LogP contribution in [0.4, 0.5) is 13.2 Å². The number of thiophene rings is 1. The van der Waals surface area contributed by atoms with Gasteiger partial charge in [0.1, 0.15) is 0 Å². The van der Waals surface area contributed by atoms with Gasteiger partial charge in [0.2, 0.25) is 0 Å². The minimum absolute atomic E-state index is 0.268. The summed E-state index contributed by atoms with van der Waals surface area (Å²) >= 11 is 6.98. The Morgan fingerprint density at radius 3 is 2.41 bits per heavy atom. The van der Waals surface area contributed by atoms with Crippen molar-refractivity contribution in [3.63, 3.8) is 0 Å². The molecule has 0 aliphatic carbocycles. The van der Waals surface area contributed by atoms with Gasteiger partial charge >= 0.3 is 6.18 Å². The summed E-state index contributed by atoms with van der Waals surface area (Å²) in [6, 6.07) is 5.87. The standard InChI is InChI=1S/C12H8ClF3S/c1-7-4-5-17-11(7)8-2-3-10(13)9(6-8)12(14,15)16/h2-6H,1H3. The van der Waals surface area contributed by atoms with Gasteiger partial charge < -0.3 is 0 Å². The van der Waals surface area contributed by atoms with Crippen LogP contribution in [0, 0.1) is 6.92 Å². The Morgan fingerprint density at radius 2 is 1.88 bits per heavy atom. The molecule has 2 rings (SSSR count). The number of hydrogen-bond donors (Lipinski definition) is 0. The van der Waals surface area contributed by atoms with Crippen molar-refractivity contribution in [1.29, 1.82) is 0 Å². The maximum Gasteiger partial charge on any atom is 0.417 e. The fourth-order valence-corrected chi connectivity index (χ4v) is 2.70. The largest absolute Gasteiger partial charge is 0.417 e. The maximum absolute atomic E-state index is 12.7. The Morgan fingerprint density at radius 1 is 1.18 bits per heavy atom. The topological polar surface area (TPSA) is 0 Å². The summed E-state index contributed by atoms with van der Waals surface area (Å²) < 4.78 is 38.1. The van der Waals surface area contributed by atoms with Crippen molar-refractivity contribution in [2.24, 2.45) is 0 Å². The molecule has 0 unspecified atom stereocenters. The van der Waals surface area contributed by atoms with Crippen LogP contribution in [-0.2, 0) is 6.18 Å². The van der Waals surface area contributed by atoms with Gasteiger partial charge in [0.25, 0.3) is 0 Å². The number of hydrogen-bond acceptors (Lipinski definition) is 1. The summed E-state index contributed by atoms with van der Waals surface area (Å²) in [7, 11) is 0. The molecule has 0 N–H and O–H groups in total. The minimum atomic E-state index is -4.42. The number of halogens is 4. The summed E-state index contributed by atoms with van der Waals surface area (Å²) in [5.74, 6) is 0. The van der Waals surface area contributed by atoms with Gasteiger partial charge in [-0.05, 0) is 41.6 Å². The first kappa shape index (κ1) is 12.5. The van der Waals surface area contributed by atoms with Gasteiger partial charge in [0.05, 0.1) is 10.6 Å². The van der Waals surface area contributed by atoms with Crippen LogP contribution in [0.3, 0.4) is 0 Å². The quantitative estimate of drug-likeness (QED) is 0.654. The molecule has 0 amide bonds. The Hall–Kier alpha value is -1.00. The van der Waals surface area contributed by atoms with E-state index >= 15 is 0 Å². The third-order valence-electron chi connectivity index (χ3n) is 2.40. The highest BCUT2D eigenvalue weighted by atomic mass is 35.5. The lowest BCUT2D eigenvalue weighted by Gasteiger charge is -2.10. The van der Waals surface area contributed by atoms with Crippen molar-refractivity contribution >= 4 is 22.9 Å². The molecule has 17 heavy (non-hydrogen) atoms. The fraction of sp³-hybridized carbons (Fsp3) is 0.167. The second-order valence-corrected chi connectivity index (χ2v) is 4.95. The molecule has 0 aliphatic rings. The molecule has 5 heteroatoms. The van der Waals surface area contributed by atoms with Crippen molar-refractivity contribution < 1.29 is 13.2 Å². The first-order valence-corrected chi connectivity index (χ1v) is 6.06. The number of alkyl halides is 3. The normalized spacial score (nSPS) is 11.8. The van der Waals surface area contributed by atoms with E-state index in [0.29, 0.717) is 5.56 Å². The van der Waals surface area contributed by atoms with Gasteiger partial charge in [-0.2, -0.15) is 13.2 Å². The summed E-state index contributed by atoms with van der Waals surface area (Å²) in [5, 5.41) is 1.59. The molecule has 0 nitrogen and oxygen atoms in total. The first-order chi connectivity index (χ1) is 7.89. The third-order valence-corrected chi connectivity index (χ3v) is 3.79. The van der Waals surface area contributed by atoms with Crippen LogP contribution in [-0.4, -0.2) is 0 Å². The van der Waals surface area contributed by atoms with Gasteiger partial charge in [-0.3, -0.25) is 0 Å². The van der Waals surface area contributed by atoms with Crippen LogP contribution in [0.25, 0.3) is 10.4 Å². The average molecular weight is 277 g/mol. The smallest absolute Gasteiger partial charge is 0.166 e. The molecule has 0 saturated carbocycles. The molecule has 0 radical (unpaired) electrons. The molecular weight excluding hydrogens is 269 g/mol. The zero-order valence-corrected chi connectivity index (χ0v) is 10.4. The molecule has 0 saturated heterocycles. The highest BCUT2D eigenvalue weighted by Gasteiger charge is 2.33. The van der Waals surface area contributed by atoms with Crippen LogP contribution >= 0.6 is 22.9 Å². The number of aryl methyl sites for hydroxylation is 1. The maximum atomic E-state index is 12.7. The molecule has 1 heterocycles. The summed E-state index contributed by atoms with van der Waals surface area (Å²) in [6.45, 7) is 1.87. The summed E-state index contributed by atoms with van der Waals surface area (Å²) in [5.41, 5.74) is 0.726. The van der Waals surface area contributed by atoms with E-state index in [0.717, 1.165) is 16.5 Å². The molecule has 0 atom stereocenters. The minimum Gasteiger partial charge on any atom is -0.166 e. The van der Waals surface area contributed by atoms with E-state index in [-0.39, 0.29) is 5.02 Å². The number of benzene rings is 1. The van der Waals surface area contributed by atoms with Crippen LogP contribution in [0.2, 0.25) is 5.02 Å². The highest BCUT2D eigenvalue weighted by Crippen LogP contribution is 2.38. The fourth-order valence-electron chi connectivity index (χ4n) is 1.55. The summed E-state index contributed by atoms with van der Waals surface area (Å²) in [6.07, 6.45) is -4.42. The van der Waals surface area contributed by atoms with Gasteiger partial charge in [0.15, 0.2) is 0 Å². The molecule has 1 aromatic heterocycles. The summed E-state index contributed by atoms with van der Waals surface area (Å²) in [4.78, 5) is 0.840. The second kappa shape index (κ2) is 4.35. The van der Waals surface area contributed by atoms with Gasteiger partial charge in [-0.25, -0.2) is 0 Å². The molecule has 2 aromatic rings. The van der Waals surface area contributed by atoms with Crippen LogP contribution < -0.4 is 0 Å². The predicted molar refractivity (Wildman–Crippen MR) is 64.5 cm³/mol. The van der Waals surface area contributed by atoms with Gasteiger partial charge in [-0.1, -0.05) is 17.7 Å². The SMILES string of the molecule is Cc1ccsc1-c1ccc(Cl)c(C(F)(F)F)c1. The third kappa shape index (κ3) is 2.48. The van der Waals surface area contributed by atoms with Gasteiger partial charge in [0, 0.05) is 4.88 Å². The van der Waals surface area contributed by atoms with E-state index in [2.05, 4.69) is 0 Å². The van der Waals surface area contributed by atoms with Crippen molar-refractivity contribution in [1.82, 2.24) is 0 Å². The Balaban J connectivity index is 2.56. The Labute approximate surface area is 106 Å². The molecule has 0 bridgehead atoms. The lowest BCUT2D eigenvalue weighted by molar-refractivity contribution is -0.137. The van der Waals surface area contributed by atoms with Gasteiger partial charge in [-0.15, -0.1) is 11.3 Å². The monoisotopic (exact) mass is 276 g/mol. The Bertz CT molecular complexity index is 543. The molecule has 0 fully saturated rings. The van der Waals surface area contributed by atoms with E-state index in [1.807, 2.05) is 18.4 Å². The van der Waals surface area contributed by atoms with E-state index in [9.17, 15) is 13.2 Å². The van der Waals surface area contributed by atoms with Crippen molar-refractivity contribution in [2.75, 3.05) is 0 Å². The first-order valence-electron chi connectivity index (χ1n) is 4.81. The average Bonchev–Trinajstić information content (AvgIpc) is 2.63. The van der Waals surface area contributed by atoms with E-state index in [1.165, 1.54) is 17.4 Å². The van der Waals surface area contributed by atoms with E-state index in [4.69, 9.17) is 11.6 Å². The van der Waals surface area contributed by atoms with Crippen molar-refractivity contribution in [3.8, 4) is 10.4 Å². The van der Waals surface area contributed by atoms with Crippen LogP contribution in [0.15, 0.2) is 29.6 Å². The van der Waals surface area contributed by atoms with Crippen molar-refractivity contribution in [3.05, 3.63) is 45.8 Å². The highest BCUT2D eigenvalue weighted by molar-refractivity contribution is 7.13. The lowest BCUT2D eigenvalue weighted by Crippen LogP contribution is -2.05. The molecular formula is C12H8ClF3S. The predicted octanol–water partition coefficient (Wildman–Crippen LogP) is 5.40. The Kier molecular flexibility index (Phi) is 3.19.